The van der Waals surface area contributed by atoms with Gasteiger partial charge in [0.05, 0.1) is 6.61 Å². The van der Waals surface area contributed by atoms with Crippen LogP contribution in [0.1, 0.15) is 155 Å². The van der Waals surface area contributed by atoms with Crippen LogP contribution in [0.25, 0.3) is 0 Å². The second-order valence-corrected chi connectivity index (χ2v) is 11.9. The summed E-state index contributed by atoms with van der Waals surface area (Å²) in [5, 5.41) is 9.52. The maximum Gasteiger partial charge on any atom is 0.306 e. The minimum Gasteiger partial charge on any atom is -0.462 e. The third-order valence-electron chi connectivity index (χ3n) is 7.49. The molecule has 0 aromatic heterocycles. The summed E-state index contributed by atoms with van der Waals surface area (Å²) in [4.78, 5) is 24.2. The van der Waals surface area contributed by atoms with Gasteiger partial charge < -0.3 is 14.6 Å². The fourth-order valence-corrected chi connectivity index (χ4v) is 4.70. The molecule has 0 spiro atoms. The standard InChI is InChI=1S/C41H68O5/c1-3-5-7-9-11-13-15-17-19-20-22-24-26-28-30-32-34-36-41(44)46-39(37-42)38-45-40(43)35-33-31-29-27-25-23-21-18-16-14-12-10-8-6-4-2/h5,7,13,15,17-19,21-22,24,28,30,39,42H,3-4,6,8-12,14,16,20,23,25-27,29,31-38H2,1-2H3/b7-5+,15-13+,19-17+,21-18-,24-22+,30-28+/t39-/m1/s1. The Hall–Kier alpha value is -2.66. The van der Waals surface area contributed by atoms with Gasteiger partial charge >= 0.3 is 11.9 Å². The highest BCUT2D eigenvalue weighted by molar-refractivity contribution is 5.70. The molecule has 0 bridgehead atoms. The third kappa shape index (κ3) is 34.2. The molecule has 0 aromatic carbocycles. The summed E-state index contributed by atoms with van der Waals surface area (Å²) in [7, 11) is 0. The van der Waals surface area contributed by atoms with E-state index in [4.69, 9.17) is 9.47 Å². The average Bonchev–Trinajstić information content (AvgIpc) is 3.06. The zero-order valence-electron chi connectivity index (χ0n) is 29.6. The third-order valence-corrected chi connectivity index (χ3v) is 7.49. The lowest BCUT2D eigenvalue weighted by atomic mass is 10.1. The number of carbonyl (C=O) groups is 2. The van der Waals surface area contributed by atoms with Crippen LogP contribution in [0.5, 0.6) is 0 Å². The molecule has 0 saturated carbocycles. The molecule has 46 heavy (non-hydrogen) atoms. The molecule has 0 heterocycles. The minimum atomic E-state index is -0.807. The predicted molar refractivity (Wildman–Crippen MR) is 196 cm³/mol. The summed E-state index contributed by atoms with van der Waals surface area (Å²) >= 11 is 0. The number of aliphatic hydroxyl groups is 1. The highest BCUT2D eigenvalue weighted by Crippen LogP contribution is 2.11. The molecule has 0 saturated heterocycles. The molecule has 0 amide bonds. The van der Waals surface area contributed by atoms with Gasteiger partial charge in [-0.1, -0.05) is 138 Å². The Labute approximate surface area is 283 Å². The van der Waals surface area contributed by atoms with Gasteiger partial charge in [0, 0.05) is 12.8 Å². The molecular weight excluding hydrogens is 572 g/mol. The van der Waals surface area contributed by atoms with E-state index in [0.717, 1.165) is 64.2 Å². The van der Waals surface area contributed by atoms with E-state index < -0.39 is 6.10 Å². The van der Waals surface area contributed by atoms with Gasteiger partial charge in [0.1, 0.15) is 6.61 Å². The number of ether oxygens (including phenoxy) is 2. The van der Waals surface area contributed by atoms with Gasteiger partial charge in [-0.3, -0.25) is 9.59 Å². The van der Waals surface area contributed by atoms with E-state index in [1.807, 2.05) is 0 Å². The molecule has 0 fully saturated rings. The van der Waals surface area contributed by atoms with E-state index in [-0.39, 0.29) is 31.6 Å². The molecule has 0 rings (SSSR count). The lowest BCUT2D eigenvalue weighted by Crippen LogP contribution is -2.28. The molecule has 0 aliphatic carbocycles. The molecular formula is C41H68O5. The van der Waals surface area contributed by atoms with Crippen molar-refractivity contribution >= 4 is 11.9 Å². The van der Waals surface area contributed by atoms with Crippen LogP contribution in [0.3, 0.4) is 0 Å². The number of allylic oxidation sites excluding steroid dienone is 12. The van der Waals surface area contributed by atoms with Crippen LogP contribution in [0.15, 0.2) is 72.9 Å². The molecule has 0 unspecified atom stereocenters. The Balaban J connectivity index is 3.72. The fraction of sp³-hybridized carbons (Fsp3) is 0.659. The largest absolute Gasteiger partial charge is 0.462 e. The monoisotopic (exact) mass is 641 g/mol. The summed E-state index contributed by atoms with van der Waals surface area (Å²) in [5.41, 5.74) is 0. The molecule has 0 aliphatic heterocycles. The van der Waals surface area contributed by atoms with Crippen LogP contribution in [-0.2, 0) is 19.1 Å². The first-order valence-corrected chi connectivity index (χ1v) is 18.5. The highest BCUT2D eigenvalue weighted by Gasteiger charge is 2.15. The van der Waals surface area contributed by atoms with Crippen molar-refractivity contribution in [2.75, 3.05) is 13.2 Å². The lowest BCUT2D eigenvalue weighted by Gasteiger charge is -2.15. The van der Waals surface area contributed by atoms with Crippen molar-refractivity contribution in [3.8, 4) is 0 Å². The Morgan fingerprint density at radius 3 is 1.76 bits per heavy atom. The second-order valence-electron chi connectivity index (χ2n) is 11.9. The molecule has 262 valence electrons. The maximum absolute atomic E-state index is 12.1. The molecule has 5 heteroatoms. The van der Waals surface area contributed by atoms with Crippen molar-refractivity contribution in [1.82, 2.24) is 0 Å². The van der Waals surface area contributed by atoms with Crippen molar-refractivity contribution in [2.45, 2.75) is 161 Å². The van der Waals surface area contributed by atoms with Gasteiger partial charge in [-0.25, -0.2) is 0 Å². The van der Waals surface area contributed by atoms with E-state index >= 15 is 0 Å². The van der Waals surface area contributed by atoms with Crippen molar-refractivity contribution < 1.29 is 24.2 Å². The van der Waals surface area contributed by atoms with Gasteiger partial charge in [0.25, 0.3) is 0 Å². The Morgan fingerprint density at radius 2 is 1.07 bits per heavy atom. The summed E-state index contributed by atoms with van der Waals surface area (Å²) in [5.74, 6) is -0.677. The van der Waals surface area contributed by atoms with Crippen molar-refractivity contribution in [2.24, 2.45) is 0 Å². The zero-order chi connectivity index (χ0) is 33.6. The van der Waals surface area contributed by atoms with E-state index in [1.54, 1.807) is 0 Å². The Kier molecular flexibility index (Phi) is 34.7. The topological polar surface area (TPSA) is 72.8 Å². The Morgan fingerprint density at radius 1 is 0.543 bits per heavy atom. The van der Waals surface area contributed by atoms with E-state index in [2.05, 4.69) is 86.8 Å². The number of unbranched alkanes of at least 4 members (excludes halogenated alkanes) is 13. The minimum absolute atomic E-state index is 0.0967. The number of hydrogen-bond donors (Lipinski definition) is 1. The Bertz CT molecular complexity index is 864. The maximum atomic E-state index is 12.1. The SMILES string of the molecule is CC/C=C/CC/C=C/C=C/C/C=C/C/C=C/CCCC(=O)O[C@H](CO)COC(=O)CCCCCCC/C=C\CCCCCCCC. The lowest BCUT2D eigenvalue weighted by molar-refractivity contribution is -0.161. The quantitative estimate of drug-likeness (QED) is 0.0343. The summed E-state index contributed by atoms with van der Waals surface area (Å²) in [6, 6.07) is 0. The van der Waals surface area contributed by atoms with Gasteiger partial charge in [0.2, 0.25) is 0 Å². The zero-order valence-corrected chi connectivity index (χ0v) is 29.6. The molecule has 1 atom stereocenters. The van der Waals surface area contributed by atoms with Crippen LogP contribution >= 0.6 is 0 Å². The van der Waals surface area contributed by atoms with Gasteiger partial charge in [-0.05, 0) is 77.0 Å². The van der Waals surface area contributed by atoms with Crippen LogP contribution in [0, 0.1) is 0 Å². The van der Waals surface area contributed by atoms with E-state index in [0.29, 0.717) is 12.8 Å². The molecule has 5 nitrogen and oxygen atoms in total. The number of rotatable bonds is 32. The number of esters is 2. The van der Waals surface area contributed by atoms with Crippen LogP contribution < -0.4 is 0 Å². The molecule has 0 aromatic rings. The first kappa shape index (κ1) is 43.3. The summed E-state index contributed by atoms with van der Waals surface area (Å²) in [6.45, 7) is 3.95. The molecule has 1 N–H and O–H groups in total. The van der Waals surface area contributed by atoms with Crippen molar-refractivity contribution in [3.63, 3.8) is 0 Å². The summed E-state index contributed by atoms with van der Waals surface area (Å²) in [6.07, 6.45) is 48.2. The molecule has 0 radical (unpaired) electrons. The van der Waals surface area contributed by atoms with E-state index in [9.17, 15) is 14.7 Å². The van der Waals surface area contributed by atoms with Crippen LogP contribution in [0.4, 0.5) is 0 Å². The fourth-order valence-electron chi connectivity index (χ4n) is 4.70. The normalized spacial score (nSPS) is 13.0. The second kappa shape index (κ2) is 36.8. The van der Waals surface area contributed by atoms with Crippen molar-refractivity contribution in [3.05, 3.63) is 72.9 Å². The van der Waals surface area contributed by atoms with E-state index in [1.165, 1.54) is 57.8 Å². The van der Waals surface area contributed by atoms with Crippen molar-refractivity contribution in [1.29, 1.82) is 0 Å². The summed E-state index contributed by atoms with van der Waals surface area (Å²) < 4.78 is 10.5. The number of carbonyl (C=O) groups excluding carboxylic acids is 2. The van der Waals surface area contributed by atoms with Crippen LogP contribution in [-0.4, -0.2) is 36.4 Å². The average molecular weight is 641 g/mol. The highest BCUT2D eigenvalue weighted by atomic mass is 16.6. The first-order chi connectivity index (χ1) is 22.6. The smallest absolute Gasteiger partial charge is 0.306 e. The van der Waals surface area contributed by atoms with Gasteiger partial charge in [-0.15, -0.1) is 0 Å². The molecule has 0 aliphatic rings. The van der Waals surface area contributed by atoms with Gasteiger partial charge in [0.15, 0.2) is 6.10 Å². The number of aliphatic hydroxyl groups excluding tert-OH is 1. The number of hydrogen-bond acceptors (Lipinski definition) is 5. The van der Waals surface area contributed by atoms with Gasteiger partial charge in [-0.2, -0.15) is 0 Å². The first-order valence-electron chi connectivity index (χ1n) is 18.5. The van der Waals surface area contributed by atoms with Crippen LogP contribution in [0.2, 0.25) is 0 Å². The predicted octanol–water partition coefficient (Wildman–Crippen LogP) is 11.4.